The second kappa shape index (κ2) is 4.76. The topological polar surface area (TPSA) is 57.0 Å². The fourth-order valence-electron chi connectivity index (χ4n) is 1.87. The summed E-state index contributed by atoms with van der Waals surface area (Å²) in [6.45, 7) is 8.03. The van der Waals surface area contributed by atoms with Gasteiger partial charge in [0, 0.05) is 11.4 Å². The minimum absolute atomic E-state index is 0.202. The van der Waals surface area contributed by atoms with Crippen LogP contribution < -0.4 is 0 Å². The maximum absolute atomic E-state index is 11.8. The van der Waals surface area contributed by atoms with Gasteiger partial charge in [-0.15, -0.1) is 0 Å². The highest BCUT2D eigenvalue weighted by molar-refractivity contribution is 5.92. The third kappa shape index (κ3) is 2.08. The van der Waals surface area contributed by atoms with Crippen molar-refractivity contribution < 1.29 is 9.53 Å². The van der Waals surface area contributed by atoms with Crippen molar-refractivity contribution in [1.29, 1.82) is 0 Å². The Morgan fingerprint density at radius 2 is 2.22 bits per heavy atom. The Morgan fingerprint density at radius 3 is 2.83 bits per heavy atom. The molecule has 2 rings (SSSR count). The van der Waals surface area contributed by atoms with Crippen molar-refractivity contribution in [2.24, 2.45) is 0 Å². The number of aromatic nitrogens is 3. The van der Waals surface area contributed by atoms with Gasteiger partial charge in [0.25, 0.3) is 0 Å². The van der Waals surface area contributed by atoms with Crippen molar-refractivity contribution in [3.63, 3.8) is 0 Å². The highest BCUT2D eigenvalue weighted by Crippen LogP contribution is 2.19. The van der Waals surface area contributed by atoms with Crippen molar-refractivity contribution in [3.05, 3.63) is 23.5 Å². The summed E-state index contributed by atoms with van der Waals surface area (Å²) in [5.41, 5.74) is 1.90. The van der Waals surface area contributed by atoms with Crippen LogP contribution in [0.4, 0.5) is 0 Å². The van der Waals surface area contributed by atoms with Gasteiger partial charge < -0.3 is 4.74 Å². The van der Waals surface area contributed by atoms with E-state index in [0.29, 0.717) is 12.3 Å². The van der Waals surface area contributed by atoms with E-state index < -0.39 is 0 Å². The van der Waals surface area contributed by atoms with Gasteiger partial charge in [0.05, 0.1) is 12.8 Å². The van der Waals surface area contributed by atoms with E-state index in [1.807, 2.05) is 26.8 Å². The van der Waals surface area contributed by atoms with Gasteiger partial charge in [-0.25, -0.2) is 14.5 Å². The minimum atomic E-state index is -0.381. The number of esters is 1. The molecular formula is C13H17N3O2. The van der Waals surface area contributed by atoms with E-state index in [1.54, 1.807) is 17.8 Å². The lowest BCUT2D eigenvalue weighted by molar-refractivity contribution is 0.0519. The van der Waals surface area contributed by atoms with Crippen molar-refractivity contribution in [2.45, 2.75) is 33.7 Å². The lowest BCUT2D eigenvalue weighted by Gasteiger charge is -2.08. The zero-order chi connectivity index (χ0) is 13.3. The summed E-state index contributed by atoms with van der Waals surface area (Å²) < 4.78 is 6.81. The van der Waals surface area contributed by atoms with Gasteiger partial charge >= 0.3 is 5.97 Å². The number of rotatable bonds is 3. The number of carbonyl (C=O) groups excluding carboxylic acids is 1. The first-order valence-corrected chi connectivity index (χ1v) is 6.06. The fourth-order valence-corrected chi connectivity index (χ4v) is 1.87. The van der Waals surface area contributed by atoms with Crippen LogP contribution in [0.5, 0.6) is 0 Å². The number of hydrogen-bond acceptors (Lipinski definition) is 4. The number of pyridine rings is 1. The Labute approximate surface area is 106 Å². The highest BCUT2D eigenvalue weighted by atomic mass is 16.5. The molecule has 18 heavy (non-hydrogen) atoms. The van der Waals surface area contributed by atoms with Gasteiger partial charge in [-0.2, -0.15) is 5.10 Å². The van der Waals surface area contributed by atoms with Gasteiger partial charge in [0.1, 0.15) is 0 Å². The van der Waals surface area contributed by atoms with Crippen LogP contribution in [0.1, 0.15) is 42.9 Å². The summed E-state index contributed by atoms with van der Waals surface area (Å²) in [6.07, 6.45) is 1.77. The predicted molar refractivity (Wildman–Crippen MR) is 68.6 cm³/mol. The SMILES string of the molecule is CCOC(=O)c1nc2c(cnn2C(C)C)cc1C. The molecule has 2 aromatic heterocycles. The molecule has 5 nitrogen and oxygen atoms in total. The Bertz CT molecular complexity index is 587. The Kier molecular flexibility index (Phi) is 3.32. The Morgan fingerprint density at radius 1 is 1.50 bits per heavy atom. The van der Waals surface area contributed by atoms with Crippen LogP contribution in [0.25, 0.3) is 11.0 Å². The van der Waals surface area contributed by atoms with E-state index in [9.17, 15) is 4.79 Å². The number of fused-ring (bicyclic) bond motifs is 1. The second-order valence-corrected chi connectivity index (χ2v) is 4.47. The number of aryl methyl sites for hydroxylation is 1. The zero-order valence-corrected chi connectivity index (χ0v) is 11.1. The molecule has 2 aromatic rings. The number of nitrogens with zero attached hydrogens (tertiary/aromatic N) is 3. The number of ether oxygens (including phenoxy) is 1. The maximum atomic E-state index is 11.8. The molecule has 0 spiro atoms. The van der Waals surface area contributed by atoms with Crippen LogP contribution in [0.15, 0.2) is 12.3 Å². The lowest BCUT2D eigenvalue weighted by Crippen LogP contribution is -2.11. The van der Waals surface area contributed by atoms with E-state index in [0.717, 1.165) is 16.6 Å². The first-order chi connectivity index (χ1) is 8.54. The van der Waals surface area contributed by atoms with E-state index in [4.69, 9.17) is 4.74 Å². The van der Waals surface area contributed by atoms with Gasteiger partial charge in [-0.05, 0) is 39.3 Å². The highest BCUT2D eigenvalue weighted by Gasteiger charge is 2.16. The quantitative estimate of drug-likeness (QED) is 0.782. The summed E-state index contributed by atoms with van der Waals surface area (Å²) in [7, 11) is 0. The molecule has 0 aliphatic heterocycles. The molecule has 0 aliphatic rings. The summed E-state index contributed by atoms with van der Waals surface area (Å²) in [5.74, 6) is -0.381. The van der Waals surface area contributed by atoms with Crippen molar-refractivity contribution in [3.8, 4) is 0 Å². The van der Waals surface area contributed by atoms with Gasteiger partial charge in [-0.1, -0.05) is 0 Å². The summed E-state index contributed by atoms with van der Waals surface area (Å²) in [6, 6.07) is 2.12. The molecule has 0 radical (unpaired) electrons. The standard InChI is InChI=1S/C13H17N3O2/c1-5-18-13(17)11-9(4)6-10-7-14-16(8(2)3)12(10)15-11/h6-8H,5H2,1-4H3. The predicted octanol–water partition coefficient (Wildman–Crippen LogP) is 2.50. The molecule has 0 N–H and O–H groups in total. The Hall–Kier alpha value is -1.91. The largest absolute Gasteiger partial charge is 0.461 e. The van der Waals surface area contributed by atoms with E-state index >= 15 is 0 Å². The zero-order valence-electron chi connectivity index (χ0n) is 11.1. The second-order valence-electron chi connectivity index (χ2n) is 4.47. The molecule has 0 saturated carbocycles. The molecule has 0 fully saturated rings. The third-order valence-electron chi connectivity index (χ3n) is 2.72. The van der Waals surface area contributed by atoms with Crippen molar-refractivity contribution in [2.75, 3.05) is 6.61 Å². The normalized spacial score (nSPS) is 11.2. The van der Waals surface area contributed by atoms with Crippen LogP contribution in [0.2, 0.25) is 0 Å². The Balaban J connectivity index is 2.58. The summed E-state index contributed by atoms with van der Waals surface area (Å²) in [5, 5.41) is 5.22. The molecule has 2 heterocycles. The molecular weight excluding hydrogens is 230 g/mol. The van der Waals surface area contributed by atoms with Gasteiger partial charge in [0.2, 0.25) is 0 Å². The average Bonchev–Trinajstić information content (AvgIpc) is 2.70. The monoisotopic (exact) mass is 247 g/mol. The van der Waals surface area contributed by atoms with Crippen LogP contribution in [-0.2, 0) is 4.74 Å². The van der Waals surface area contributed by atoms with E-state index in [-0.39, 0.29) is 12.0 Å². The minimum Gasteiger partial charge on any atom is -0.461 e. The molecule has 5 heteroatoms. The average molecular weight is 247 g/mol. The first kappa shape index (κ1) is 12.5. The number of hydrogen-bond donors (Lipinski definition) is 0. The smallest absolute Gasteiger partial charge is 0.357 e. The van der Waals surface area contributed by atoms with Crippen LogP contribution in [-0.4, -0.2) is 27.3 Å². The van der Waals surface area contributed by atoms with Crippen molar-refractivity contribution >= 4 is 17.0 Å². The first-order valence-electron chi connectivity index (χ1n) is 6.06. The third-order valence-corrected chi connectivity index (χ3v) is 2.72. The summed E-state index contributed by atoms with van der Waals surface area (Å²) >= 11 is 0. The molecule has 0 atom stereocenters. The molecule has 0 aromatic carbocycles. The lowest BCUT2D eigenvalue weighted by atomic mass is 10.2. The molecule has 0 saturated heterocycles. The number of carbonyl (C=O) groups is 1. The van der Waals surface area contributed by atoms with Crippen molar-refractivity contribution in [1.82, 2.24) is 14.8 Å². The fraction of sp³-hybridized carbons (Fsp3) is 0.462. The molecule has 0 unspecified atom stereocenters. The van der Waals surface area contributed by atoms with Gasteiger partial charge in [0.15, 0.2) is 11.3 Å². The summed E-state index contributed by atoms with van der Waals surface area (Å²) in [4.78, 5) is 16.2. The van der Waals surface area contributed by atoms with Crippen LogP contribution in [0, 0.1) is 6.92 Å². The molecule has 0 aliphatic carbocycles. The van der Waals surface area contributed by atoms with E-state index in [2.05, 4.69) is 10.1 Å². The van der Waals surface area contributed by atoms with Gasteiger partial charge in [-0.3, -0.25) is 0 Å². The maximum Gasteiger partial charge on any atom is 0.357 e. The molecule has 0 bridgehead atoms. The van der Waals surface area contributed by atoms with E-state index in [1.165, 1.54) is 0 Å². The molecule has 96 valence electrons. The van der Waals surface area contributed by atoms with Crippen LogP contribution >= 0.6 is 0 Å². The molecule has 0 amide bonds. The van der Waals surface area contributed by atoms with Crippen LogP contribution in [0.3, 0.4) is 0 Å².